The van der Waals surface area contributed by atoms with E-state index in [0.29, 0.717) is 13.0 Å². The number of hydrogen-bond donors (Lipinski definition) is 2. The van der Waals surface area contributed by atoms with Gasteiger partial charge in [0, 0.05) is 15.4 Å². The fourth-order valence-corrected chi connectivity index (χ4v) is 2.93. The number of nitrogens with zero attached hydrogens (tertiary/aromatic N) is 1. The molecular formula is C12H17BrN2O3S. The van der Waals surface area contributed by atoms with E-state index in [9.17, 15) is 9.59 Å². The van der Waals surface area contributed by atoms with E-state index in [-0.39, 0.29) is 18.6 Å². The maximum absolute atomic E-state index is 12.0. The minimum Gasteiger partial charge on any atom is -0.480 e. The first-order valence-electron chi connectivity index (χ1n) is 5.93. The van der Waals surface area contributed by atoms with E-state index in [4.69, 9.17) is 5.11 Å². The van der Waals surface area contributed by atoms with Crippen LogP contribution in [0.1, 0.15) is 25.1 Å². The summed E-state index contributed by atoms with van der Waals surface area (Å²) in [7, 11) is 0. The fraction of sp³-hybridized carbons (Fsp3) is 0.500. The Labute approximate surface area is 124 Å². The van der Waals surface area contributed by atoms with Crippen LogP contribution < -0.4 is 5.32 Å². The minimum atomic E-state index is -1.01. The predicted octanol–water partition coefficient (Wildman–Crippen LogP) is 2.91. The third-order valence-electron chi connectivity index (χ3n) is 2.78. The number of carbonyl (C=O) groups excluding carboxylic acids is 1. The largest absolute Gasteiger partial charge is 0.480 e. The summed E-state index contributed by atoms with van der Waals surface area (Å²) in [5.41, 5.74) is 0. The van der Waals surface area contributed by atoms with Gasteiger partial charge in [0.1, 0.15) is 6.54 Å². The molecule has 1 atom stereocenters. The lowest BCUT2D eigenvalue weighted by atomic mass is 10.2. The molecule has 5 nitrogen and oxygen atoms in total. The van der Waals surface area contributed by atoms with Crippen molar-refractivity contribution in [1.82, 2.24) is 10.2 Å². The van der Waals surface area contributed by atoms with Crippen LogP contribution in [-0.4, -0.2) is 34.6 Å². The van der Waals surface area contributed by atoms with Gasteiger partial charge in [0.25, 0.3) is 0 Å². The van der Waals surface area contributed by atoms with Crippen molar-refractivity contribution >= 4 is 39.3 Å². The quantitative estimate of drug-likeness (QED) is 0.830. The summed E-state index contributed by atoms with van der Waals surface area (Å²) in [6.07, 6.45) is 0.712. The zero-order chi connectivity index (χ0) is 14.4. The molecular weight excluding hydrogens is 332 g/mol. The molecule has 1 aromatic heterocycles. The third kappa shape index (κ3) is 4.83. The van der Waals surface area contributed by atoms with Gasteiger partial charge in [-0.3, -0.25) is 4.79 Å². The summed E-state index contributed by atoms with van der Waals surface area (Å²) < 4.78 is 0.950. The van der Waals surface area contributed by atoms with Gasteiger partial charge in [0.15, 0.2) is 0 Å². The number of urea groups is 1. The van der Waals surface area contributed by atoms with Gasteiger partial charge in [0.05, 0.1) is 6.54 Å². The maximum Gasteiger partial charge on any atom is 0.323 e. The van der Waals surface area contributed by atoms with Gasteiger partial charge in [-0.25, -0.2) is 4.79 Å². The minimum absolute atomic E-state index is 0.108. The number of aliphatic carboxylic acids is 1. The van der Waals surface area contributed by atoms with Crippen LogP contribution in [0.2, 0.25) is 0 Å². The molecule has 0 spiro atoms. The van der Waals surface area contributed by atoms with E-state index < -0.39 is 5.97 Å². The SMILES string of the molecule is CCC(C)N(CC(=O)O)C(=O)NCc1sccc1Br. The molecule has 0 aromatic carbocycles. The molecule has 7 heteroatoms. The number of rotatable bonds is 6. The Morgan fingerprint density at radius 1 is 1.58 bits per heavy atom. The van der Waals surface area contributed by atoms with Crippen molar-refractivity contribution in [3.8, 4) is 0 Å². The first-order valence-corrected chi connectivity index (χ1v) is 7.61. The summed E-state index contributed by atoms with van der Waals surface area (Å²) in [4.78, 5) is 25.2. The molecule has 0 aliphatic rings. The van der Waals surface area contributed by atoms with Crippen LogP contribution >= 0.6 is 27.3 Å². The van der Waals surface area contributed by atoms with Crippen molar-refractivity contribution in [2.24, 2.45) is 0 Å². The average Bonchev–Trinajstić information content (AvgIpc) is 2.77. The molecule has 1 unspecified atom stereocenters. The molecule has 0 saturated carbocycles. The van der Waals surface area contributed by atoms with Gasteiger partial charge in [-0.05, 0) is 40.7 Å². The highest BCUT2D eigenvalue weighted by atomic mass is 79.9. The Kier molecular flexibility index (Phi) is 6.30. The van der Waals surface area contributed by atoms with Gasteiger partial charge >= 0.3 is 12.0 Å². The van der Waals surface area contributed by atoms with Crippen molar-refractivity contribution in [2.45, 2.75) is 32.9 Å². The highest BCUT2D eigenvalue weighted by Crippen LogP contribution is 2.22. The third-order valence-corrected chi connectivity index (χ3v) is 4.71. The molecule has 2 amide bonds. The first-order chi connectivity index (χ1) is 8.95. The Morgan fingerprint density at radius 3 is 2.74 bits per heavy atom. The molecule has 0 saturated heterocycles. The summed E-state index contributed by atoms with van der Waals surface area (Å²) >= 11 is 4.92. The monoisotopic (exact) mass is 348 g/mol. The smallest absolute Gasteiger partial charge is 0.323 e. The van der Waals surface area contributed by atoms with Crippen LogP contribution in [0.3, 0.4) is 0 Å². The molecule has 0 bridgehead atoms. The van der Waals surface area contributed by atoms with E-state index in [1.54, 1.807) is 0 Å². The van der Waals surface area contributed by atoms with E-state index in [0.717, 1.165) is 9.35 Å². The first kappa shape index (κ1) is 16.0. The van der Waals surface area contributed by atoms with Crippen molar-refractivity contribution in [3.05, 3.63) is 20.8 Å². The van der Waals surface area contributed by atoms with Crippen LogP contribution in [0.15, 0.2) is 15.9 Å². The van der Waals surface area contributed by atoms with E-state index in [1.807, 2.05) is 25.3 Å². The predicted molar refractivity (Wildman–Crippen MR) is 78.3 cm³/mol. The highest BCUT2D eigenvalue weighted by molar-refractivity contribution is 9.10. The highest BCUT2D eigenvalue weighted by Gasteiger charge is 2.21. The van der Waals surface area contributed by atoms with Crippen LogP contribution in [0.5, 0.6) is 0 Å². The Balaban J connectivity index is 2.61. The fourth-order valence-electron chi connectivity index (χ4n) is 1.50. The lowest BCUT2D eigenvalue weighted by Gasteiger charge is -2.27. The molecule has 0 aliphatic heterocycles. The number of carboxylic acids is 1. The van der Waals surface area contributed by atoms with E-state index in [2.05, 4.69) is 21.2 Å². The average molecular weight is 349 g/mol. The second-order valence-electron chi connectivity index (χ2n) is 4.13. The zero-order valence-electron chi connectivity index (χ0n) is 10.9. The van der Waals surface area contributed by atoms with Crippen molar-refractivity contribution < 1.29 is 14.7 Å². The van der Waals surface area contributed by atoms with Crippen LogP contribution in [-0.2, 0) is 11.3 Å². The summed E-state index contributed by atoms with van der Waals surface area (Å²) in [6.45, 7) is 3.86. The molecule has 106 valence electrons. The van der Waals surface area contributed by atoms with E-state index in [1.165, 1.54) is 16.2 Å². The molecule has 0 fully saturated rings. The number of halogens is 1. The molecule has 2 N–H and O–H groups in total. The molecule has 0 aliphatic carbocycles. The van der Waals surface area contributed by atoms with Crippen LogP contribution in [0, 0.1) is 0 Å². The Bertz CT molecular complexity index is 450. The number of amides is 2. The molecule has 0 radical (unpaired) electrons. The topological polar surface area (TPSA) is 69.6 Å². The summed E-state index contributed by atoms with van der Waals surface area (Å²) in [6, 6.07) is 1.45. The second kappa shape index (κ2) is 7.49. The Hall–Kier alpha value is -1.08. The number of thiophene rings is 1. The maximum atomic E-state index is 12.0. The second-order valence-corrected chi connectivity index (χ2v) is 5.98. The van der Waals surface area contributed by atoms with Gasteiger partial charge in [-0.1, -0.05) is 6.92 Å². The molecule has 1 aromatic rings. The molecule has 19 heavy (non-hydrogen) atoms. The standard InChI is InChI=1S/C12H17BrN2O3S/c1-3-8(2)15(7-11(16)17)12(18)14-6-10-9(13)4-5-19-10/h4-5,8H,3,6-7H2,1-2H3,(H,14,18)(H,16,17). The van der Waals surface area contributed by atoms with Crippen LogP contribution in [0.25, 0.3) is 0 Å². The van der Waals surface area contributed by atoms with Crippen molar-refractivity contribution in [2.75, 3.05) is 6.54 Å². The normalized spacial score (nSPS) is 11.9. The molecule has 1 heterocycles. The number of hydrogen-bond acceptors (Lipinski definition) is 3. The number of nitrogens with one attached hydrogen (secondary N) is 1. The summed E-state index contributed by atoms with van der Waals surface area (Å²) in [5, 5.41) is 13.5. The van der Waals surface area contributed by atoms with Gasteiger partial charge in [-0.2, -0.15) is 0 Å². The lowest BCUT2D eigenvalue weighted by Crippen LogP contribution is -2.47. The van der Waals surface area contributed by atoms with Crippen LogP contribution in [0.4, 0.5) is 4.79 Å². The van der Waals surface area contributed by atoms with Gasteiger partial charge in [0.2, 0.25) is 0 Å². The van der Waals surface area contributed by atoms with Gasteiger partial charge < -0.3 is 15.3 Å². The molecule has 1 rings (SSSR count). The van der Waals surface area contributed by atoms with Crippen molar-refractivity contribution in [1.29, 1.82) is 0 Å². The van der Waals surface area contributed by atoms with Gasteiger partial charge in [-0.15, -0.1) is 11.3 Å². The zero-order valence-corrected chi connectivity index (χ0v) is 13.3. The Morgan fingerprint density at radius 2 is 2.26 bits per heavy atom. The number of carboxylic acid groups (broad SMARTS) is 1. The van der Waals surface area contributed by atoms with Crippen molar-refractivity contribution in [3.63, 3.8) is 0 Å². The number of carbonyl (C=O) groups is 2. The van der Waals surface area contributed by atoms with E-state index >= 15 is 0 Å². The lowest BCUT2D eigenvalue weighted by molar-refractivity contribution is -0.138. The summed E-state index contributed by atoms with van der Waals surface area (Å²) in [5.74, 6) is -1.01.